The van der Waals surface area contributed by atoms with Gasteiger partial charge in [0.15, 0.2) is 5.76 Å². The number of nitrogens with zero attached hydrogens (tertiary/aromatic N) is 1. The average Bonchev–Trinajstić information content (AvgIpc) is 3.50. The highest BCUT2D eigenvalue weighted by Crippen LogP contribution is 2.33. The molecule has 4 rings (SSSR count). The number of rotatable bonds is 7. The zero-order valence-corrected chi connectivity index (χ0v) is 22.2. The SMILES string of the molecule is COC(=O)[C@@H]1C[C@H](NC(C)(C)C)CC[C@@H]1N1CCC(NC(=O)c2ccc(-c3cccc(OC)c3)o2)C1=O. The zero-order chi connectivity index (χ0) is 26.7. The summed E-state index contributed by atoms with van der Waals surface area (Å²) in [6, 6.07) is 9.94. The highest BCUT2D eigenvalue weighted by Gasteiger charge is 2.45. The summed E-state index contributed by atoms with van der Waals surface area (Å²) in [5, 5.41) is 6.40. The summed E-state index contributed by atoms with van der Waals surface area (Å²) >= 11 is 0. The molecule has 2 aliphatic rings. The van der Waals surface area contributed by atoms with Gasteiger partial charge in [-0.05, 0) is 70.7 Å². The number of methoxy groups -OCH3 is 2. The van der Waals surface area contributed by atoms with Gasteiger partial charge in [-0.15, -0.1) is 0 Å². The number of hydrogen-bond donors (Lipinski definition) is 2. The van der Waals surface area contributed by atoms with Crippen molar-refractivity contribution in [3.8, 4) is 17.1 Å². The topological polar surface area (TPSA) is 110 Å². The van der Waals surface area contributed by atoms with Crippen LogP contribution in [0, 0.1) is 5.92 Å². The summed E-state index contributed by atoms with van der Waals surface area (Å²) in [6.07, 6.45) is 2.63. The molecule has 0 bridgehead atoms. The van der Waals surface area contributed by atoms with Crippen LogP contribution in [0.4, 0.5) is 0 Å². The maximum Gasteiger partial charge on any atom is 0.310 e. The van der Waals surface area contributed by atoms with Crippen molar-refractivity contribution >= 4 is 17.8 Å². The second kappa shape index (κ2) is 11.0. The lowest BCUT2D eigenvalue weighted by Crippen LogP contribution is -2.55. The molecule has 1 aromatic heterocycles. The fourth-order valence-corrected chi connectivity index (χ4v) is 5.46. The summed E-state index contributed by atoms with van der Waals surface area (Å²) in [5.74, 6) is 0.0186. The molecule has 9 nitrogen and oxygen atoms in total. The van der Waals surface area contributed by atoms with E-state index in [0.717, 1.165) is 12.0 Å². The Morgan fingerprint density at radius 3 is 2.57 bits per heavy atom. The average molecular weight is 512 g/mol. The molecule has 1 aromatic carbocycles. The van der Waals surface area contributed by atoms with E-state index in [4.69, 9.17) is 13.9 Å². The van der Waals surface area contributed by atoms with E-state index in [1.165, 1.54) is 7.11 Å². The fraction of sp³-hybridized carbons (Fsp3) is 0.536. The highest BCUT2D eigenvalue weighted by molar-refractivity contribution is 5.96. The van der Waals surface area contributed by atoms with Crippen molar-refractivity contribution in [3.63, 3.8) is 0 Å². The monoisotopic (exact) mass is 511 g/mol. The van der Waals surface area contributed by atoms with Gasteiger partial charge >= 0.3 is 5.97 Å². The second-order valence-electron chi connectivity index (χ2n) is 10.8. The molecule has 1 aliphatic carbocycles. The Balaban J connectivity index is 1.41. The van der Waals surface area contributed by atoms with E-state index in [1.807, 2.05) is 24.3 Å². The molecule has 0 radical (unpaired) electrons. The Kier molecular flexibility index (Phi) is 7.92. The Morgan fingerprint density at radius 1 is 1.08 bits per heavy atom. The van der Waals surface area contributed by atoms with Crippen molar-refractivity contribution in [2.45, 2.75) is 70.1 Å². The molecule has 4 atom stereocenters. The second-order valence-corrected chi connectivity index (χ2v) is 10.8. The third-order valence-corrected chi connectivity index (χ3v) is 7.08. The van der Waals surface area contributed by atoms with Gasteiger partial charge in [0.2, 0.25) is 5.91 Å². The summed E-state index contributed by atoms with van der Waals surface area (Å²) in [7, 11) is 2.97. The molecular weight excluding hydrogens is 474 g/mol. The molecule has 1 saturated carbocycles. The summed E-state index contributed by atoms with van der Waals surface area (Å²) < 4.78 is 16.1. The molecule has 2 N–H and O–H groups in total. The van der Waals surface area contributed by atoms with Gasteiger partial charge in [0, 0.05) is 29.7 Å². The number of amides is 2. The molecule has 9 heteroatoms. The van der Waals surface area contributed by atoms with E-state index >= 15 is 0 Å². The van der Waals surface area contributed by atoms with Crippen molar-refractivity contribution < 1.29 is 28.3 Å². The number of likely N-dealkylation sites (tertiary alicyclic amines) is 1. The van der Waals surface area contributed by atoms with Gasteiger partial charge in [-0.3, -0.25) is 14.4 Å². The van der Waals surface area contributed by atoms with Gasteiger partial charge in [0.25, 0.3) is 5.91 Å². The van der Waals surface area contributed by atoms with Gasteiger partial charge in [0.05, 0.1) is 20.1 Å². The number of carbonyl (C=O) groups is 3. The maximum atomic E-state index is 13.3. The number of furan rings is 1. The molecule has 2 aromatic rings. The first-order valence-electron chi connectivity index (χ1n) is 12.8. The molecule has 200 valence electrons. The molecule has 2 amide bonds. The van der Waals surface area contributed by atoms with Gasteiger partial charge in [-0.25, -0.2) is 0 Å². The van der Waals surface area contributed by atoms with E-state index < -0.39 is 17.9 Å². The van der Waals surface area contributed by atoms with Gasteiger partial charge in [-0.2, -0.15) is 0 Å². The normalized spacial score (nSPS) is 24.1. The van der Waals surface area contributed by atoms with Crippen LogP contribution in [0.2, 0.25) is 0 Å². The third kappa shape index (κ3) is 6.15. The lowest BCUT2D eigenvalue weighted by atomic mass is 9.80. The van der Waals surface area contributed by atoms with Crippen LogP contribution in [0.3, 0.4) is 0 Å². The van der Waals surface area contributed by atoms with Crippen LogP contribution in [-0.2, 0) is 14.3 Å². The van der Waals surface area contributed by atoms with E-state index in [-0.39, 0.29) is 35.3 Å². The minimum atomic E-state index is -0.665. The fourth-order valence-electron chi connectivity index (χ4n) is 5.46. The third-order valence-electron chi connectivity index (χ3n) is 7.08. The summed E-state index contributed by atoms with van der Waals surface area (Å²) in [5.41, 5.74) is 0.710. The zero-order valence-electron chi connectivity index (χ0n) is 22.2. The molecule has 0 spiro atoms. The van der Waals surface area contributed by atoms with Crippen LogP contribution in [-0.4, -0.2) is 67.1 Å². The van der Waals surface area contributed by atoms with Crippen molar-refractivity contribution in [1.29, 1.82) is 0 Å². The molecule has 37 heavy (non-hydrogen) atoms. The first-order valence-corrected chi connectivity index (χ1v) is 12.8. The predicted molar refractivity (Wildman–Crippen MR) is 138 cm³/mol. The quantitative estimate of drug-likeness (QED) is 0.549. The van der Waals surface area contributed by atoms with Crippen LogP contribution in [0.5, 0.6) is 5.75 Å². The minimum absolute atomic E-state index is 0.0741. The number of carbonyl (C=O) groups excluding carboxylic acids is 3. The number of esters is 1. The Bertz CT molecular complexity index is 1140. The van der Waals surface area contributed by atoms with Crippen LogP contribution in [0.25, 0.3) is 11.3 Å². The van der Waals surface area contributed by atoms with E-state index in [9.17, 15) is 14.4 Å². The molecular formula is C28H37N3O6. The first kappa shape index (κ1) is 26.7. The summed E-state index contributed by atoms with van der Waals surface area (Å²) in [4.78, 5) is 40.7. The van der Waals surface area contributed by atoms with Crippen LogP contribution in [0.1, 0.15) is 57.0 Å². The number of nitrogens with one attached hydrogen (secondary N) is 2. The maximum absolute atomic E-state index is 13.3. The Labute approximate surface area is 217 Å². The highest BCUT2D eigenvalue weighted by atomic mass is 16.5. The lowest BCUT2D eigenvalue weighted by Gasteiger charge is -2.41. The van der Waals surface area contributed by atoms with Crippen LogP contribution in [0.15, 0.2) is 40.8 Å². The van der Waals surface area contributed by atoms with Gasteiger partial charge < -0.3 is 29.4 Å². The first-order chi connectivity index (χ1) is 17.6. The Morgan fingerprint density at radius 2 is 1.86 bits per heavy atom. The molecule has 1 aliphatic heterocycles. The molecule has 2 fully saturated rings. The number of ether oxygens (including phenoxy) is 2. The van der Waals surface area contributed by atoms with Crippen LogP contribution < -0.4 is 15.4 Å². The molecule has 1 unspecified atom stereocenters. The van der Waals surface area contributed by atoms with Crippen molar-refractivity contribution in [1.82, 2.24) is 15.5 Å². The van der Waals surface area contributed by atoms with Gasteiger partial charge in [-0.1, -0.05) is 12.1 Å². The smallest absolute Gasteiger partial charge is 0.310 e. The van der Waals surface area contributed by atoms with E-state index in [1.54, 1.807) is 24.1 Å². The number of hydrogen-bond acceptors (Lipinski definition) is 7. The summed E-state index contributed by atoms with van der Waals surface area (Å²) in [6.45, 7) is 6.78. The van der Waals surface area contributed by atoms with Crippen LogP contribution >= 0.6 is 0 Å². The predicted octanol–water partition coefficient (Wildman–Crippen LogP) is 3.38. The lowest BCUT2D eigenvalue weighted by molar-refractivity contribution is -0.151. The van der Waals surface area contributed by atoms with Crippen molar-refractivity contribution in [2.75, 3.05) is 20.8 Å². The molecule has 1 saturated heterocycles. The number of benzene rings is 1. The van der Waals surface area contributed by atoms with E-state index in [2.05, 4.69) is 31.4 Å². The van der Waals surface area contributed by atoms with Crippen molar-refractivity contribution in [2.24, 2.45) is 5.92 Å². The Hall–Kier alpha value is -3.33. The van der Waals surface area contributed by atoms with E-state index in [0.29, 0.717) is 37.3 Å². The largest absolute Gasteiger partial charge is 0.497 e. The standard InChI is InChI=1S/C28H37N3O6/c1-28(2,3)30-18-9-10-22(20(16-18)27(34)36-5)31-14-13-21(26(31)33)29-25(32)24-12-11-23(37-24)17-7-6-8-19(15-17)35-4/h6-8,11-12,15,18,20-22,30H,9-10,13-14,16H2,1-5H3,(H,29,32)/t18-,20-,21?,22+/m1/s1. The van der Waals surface area contributed by atoms with Gasteiger partial charge in [0.1, 0.15) is 17.6 Å². The minimum Gasteiger partial charge on any atom is -0.497 e. The van der Waals surface area contributed by atoms with Crippen molar-refractivity contribution in [3.05, 3.63) is 42.2 Å². The molecule has 2 heterocycles.